The van der Waals surface area contributed by atoms with Crippen molar-refractivity contribution in [1.29, 1.82) is 0 Å². The van der Waals surface area contributed by atoms with Crippen molar-refractivity contribution in [3.05, 3.63) is 47.0 Å². The van der Waals surface area contributed by atoms with Gasteiger partial charge < -0.3 is 4.43 Å². The Bertz CT molecular complexity index is 435. The van der Waals surface area contributed by atoms with Crippen LogP contribution in [0.4, 0.5) is 0 Å². The van der Waals surface area contributed by atoms with Crippen LogP contribution in [-0.4, -0.2) is 8.32 Å². The molecule has 106 valence electrons. The van der Waals surface area contributed by atoms with E-state index >= 15 is 0 Å². The molecule has 0 aliphatic carbocycles. The van der Waals surface area contributed by atoms with Gasteiger partial charge in [-0.2, -0.15) is 0 Å². The van der Waals surface area contributed by atoms with E-state index in [1.54, 1.807) is 0 Å². The zero-order chi connectivity index (χ0) is 14.7. The molecule has 1 aromatic rings. The smallest absolute Gasteiger partial charge is 0.192 e. The highest BCUT2D eigenvalue weighted by molar-refractivity contribution is 9.10. The maximum absolute atomic E-state index is 6.53. The molecule has 0 aliphatic rings. The Morgan fingerprint density at radius 2 is 2.00 bits per heavy atom. The largest absolute Gasteiger partial charge is 0.410 e. The van der Waals surface area contributed by atoms with Gasteiger partial charge in [-0.15, -0.1) is 6.58 Å². The summed E-state index contributed by atoms with van der Waals surface area (Å²) in [6.45, 7) is 15.3. The van der Waals surface area contributed by atoms with E-state index in [2.05, 4.69) is 74.6 Å². The summed E-state index contributed by atoms with van der Waals surface area (Å²) in [4.78, 5) is 0. The highest BCUT2D eigenvalue weighted by Crippen LogP contribution is 2.40. The van der Waals surface area contributed by atoms with E-state index in [0.717, 1.165) is 10.9 Å². The van der Waals surface area contributed by atoms with Gasteiger partial charge in [-0.1, -0.05) is 54.9 Å². The molecule has 0 bridgehead atoms. The lowest BCUT2D eigenvalue weighted by Crippen LogP contribution is -2.41. The lowest BCUT2D eigenvalue weighted by atomic mass is 10.1. The molecule has 0 saturated carbocycles. The lowest BCUT2D eigenvalue weighted by molar-refractivity contribution is 0.187. The molecule has 1 aromatic carbocycles. The summed E-state index contributed by atoms with van der Waals surface area (Å²) in [5.41, 5.74) is 1.22. The summed E-state index contributed by atoms with van der Waals surface area (Å²) in [7, 11) is -1.77. The van der Waals surface area contributed by atoms with Crippen molar-refractivity contribution in [3.8, 4) is 0 Å². The third kappa shape index (κ3) is 4.58. The summed E-state index contributed by atoms with van der Waals surface area (Å²) in [6, 6.07) is 8.37. The molecule has 3 heteroatoms. The van der Waals surface area contributed by atoms with Crippen molar-refractivity contribution < 1.29 is 4.43 Å². The molecular formula is C16H25BrOSi. The molecule has 1 atom stereocenters. The Kier molecular flexibility index (Phi) is 5.60. The Labute approximate surface area is 127 Å². The first-order valence-corrected chi connectivity index (χ1v) is 10.4. The van der Waals surface area contributed by atoms with Crippen LogP contribution >= 0.6 is 15.9 Å². The predicted octanol–water partition coefficient (Wildman–Crippen LogP) is 6.09. The van der Waals surface area contributed by atoms with E-state index in [1.165, 1.54) is 5.56 Å². The minimum absolute atomic E-state index is 0.107. The molecule has 19 heavy (non-hydrogen) atoms. The van der Waals surface area contributed by atoms with E-state index < -0.39 is 8.32 Å². The average molecular weight is 341 g/mol. The molecule has 0 N–H and O–H groups in total. The molecule has 0 aliphatic heterocycles. The number of benzene rings is 1. The molecule has 0 radical (unpaired) electrons. The van der Waals surface area contributed by atoms with E-state index in [4.69, 9.17) is 4.43 Å². The minimum atomic E-state index is -1.77. The van der Waals surface area contributed by atoms with Crippen molar-refractivity contribution in [2.45, 2.75) is 51.4 Å². The predicted molar refractivity (Wildman–Crippen MR) is 90.0 cm³/mol. The molecule has 0 heterocycles. The van der Waals surface area contributed by atoms with E-state index in [0.29, 0.717) is 0 Å². The van der Waals surface area contributed by atoms with Crippen LogP contribution in [0.2, 0.25) is 18.1 Å². The van der Waals surface area contributed by atoms with Gasteiger partial charge >= 0.3 is 0 Å². The summed E-state index contributed by atoms with van der Waals surface area (Å²) in [6.07, 6.45) is 2.90. The van der Waals surface area contributed by atoms with Crippen LogP contribution < -0.4 is 0 Å². The van der Waals surface area contributed by atoms with E-state index in [1.807, 2.05) is 12.1 Å². The van der Waals surface area contributed by atoms with Gasteiger partial charge in [0.05, 0.1) is 6.10 Å². The average Bonchev–Trinajstić information content (AvgIpc) is 2.26. The van der Waals surface area contributed by atoms with Gasteiger partial charge in [0.1, 0.15) is 0 Å². The zero-order valence-corrected chi connectivity index (χ0v) is 15.3. The van der Waals surface area contributed by atoms with Gasteiger partial charge in [-0.25, -0.2) is 0 Å². The quantitative estimate of drug-likeness (QED) is 0.465. The second-order valence-electron chi connectivity index (χ2n) is 6.45. The van der Waals surface area contributed by atoms with Gasteiger partial charge in [0.2, 0.25) is 0 Å². The maximum atomic E-state index is 6.53. The molecule has 0 spiro atoms. The van der Waals surface area contributed by atoms with Crippen molar-refractivity contribution in [3.63, 3.8) is 0 Å². The number of rotatable bonds is 5. The first-order chi connectivity index (χ1) is 8.67. The summed E-state index contributed by atoms with van der Waals surface area (Å²) in [5.74, 6) is 0. The van der Waals surface area contributed by atoms with Crippen LogP contribution in [0.25, 0.3) is 0 Å². The normalized spacial score (nSPS) is 14.2. The third-order valence-electron chi connectivity index (χ3n) is 3.84. The topological polar surface area (TPSA) is 9.23 Å². The van der Waals surface area contributed by atoms with Crippen molar-refractivity contribution in [1.82, 2.24) is 0 Å². The molecule has 1 unspecified atom stereocenters. The van der Waals surface area contributed by atoms with Crippen LogP contribution in [0, 0.1) is 0 Å². The highest BCUT2D eigenvalue weighted by Gasteiger charge is 2.39. The molecule has 1 nitrogen and oxygen atoms in total. The lowest BCUT2D eigenvalue weighted by Gasteiger charge is -2.39. The zero-order valence-electron chi connectivity index (χ0n) is 12.7. The monoisotopic (exact) mass is 340 g/mol. The second-order valence-corrected chi connectivity index (χ2v) is 12.1. The third-order valence-corrected chi connectivity index (χ3v) is 8.82. The maximum Gasteiger partial charge on any atom is 0.192 e. The molecule has 0 aromatic heterocycles. The fourth-order valence-electron chi connectivity index (χ4n) is 1.64. The number of hydrogen-bond acceptors (Lipinski definition) is 1. The molecule has 0 saturated heterocycles. The van der Waals surface area contributed by atoms with Crippen LogP contribution in [0.3, 0.4) is 0 Å². The molecule has 1 rings (SSSR count). The van der Waals surface area contributed by atoms with Crippen molar-refractivity contribution >= 4 is 24.2 Å². The second kappa shape index (κ2) is 6.38. The van der Waals surface area contributed by atoms with Gasteiger partial charge in [0.15, 0.2) is 8.32 Å². The molecule has 0 amide bonds. The first kappa shape index (κ1) is 16.7. The van der Waals surface area contributed by atoms with Gasteiger partial charge in [0.25, 0.3) is 0 Å². The van der Waals surface area contributed by atoms with Gasteiger partial charge in [-0.05, 0) is 42.2 Å². The summed E-state index contributed by atoms with van der Waals surface area (Å²) < 4.78 is 7.63. The van der Waals surface area contributed by atoms with Gasteiger partial charge in [-0.3, -0.25) is 0 Å². The minimum Gasteiger partial charge on any atom is -0.410 e. The SMILES string of the molecule is C=CCC(O[Si](C)(C)C(C)(C)C)c1cccc(Br)c1. The summed E-state index contributed by atoms with van der Waals surface area (Å²) >= 11 is 3.53. The van der Waals surface area contributed by atoms with Crippen LogP contribution in [-0.2, 0) is 4.43 Å². The fraction of sp³-hybridized carbons (Fsp3) is 0.500. The standard InChI is InChI=1S/C16H25BrOSi/c1-7-9-15(13-10-8-11-14(17)12-13)18-19(5,6)16(2,3)4/h7-8,10-12,15H,1,9H2,2-6H3. The highest BCUT2D eigenvalue weighted by atomic mass is 79.9. The Balaban J connectivity index is 2.99. The Morgan fingerprint density at radius 1 is 1.37 bits per heavy atom. The van der Waals surface area contributed by atoms with Crippen molar-refractivity contribution in [2.24, 2.45) is 0 Å². The van der Waals surface area contributed by atoms with Crippen molar-refractivity contribution in [2.75, 3.05) is 0 Å². The molecule has 0 fully saturated rings. The van der Waals surface area contributed by atoms with Crippen LogP contribution in [0.15, 0.2) is 41.4 Å². The molecular weight excluding hydrogens is 316 g/mol. The van der Waals surface area contributed by atoms with Gasteiger partial charge in [0, 0.05) is 4.47 Å². The summed E-state index contributed by atoms with van der Waals surface area (Å²) in [5, 5.41) is 0.221. The van der Waals surface area contributed by atoms with Crippen LogP contribution in [0.1, 0.15) is 38.9 Å². The number of halogens is 1. The van der Waals surface area contributed by atoms with E-state index in [-0.39, 0.29) is 11.1 Å². The van der Waals surface area contributed by atoms with E-state index in [9.17, 15) is 0 Å². The first-order valence-electron chi connectivity index (χ1n) is 6.71. The Hall–Kier alpha value is -0.383. The van der Waals surface area contributed by atoms with Crippen LogP contribution in [0.5, 0.6) is 0 Å². The Morgan fingerprint density at radius 3 is 2.47 bits per heavy atom. The number of hydrogen-bond donors (Lipinski definition) is 0. The fourth-order valence-corrected chi connectivity index (χ4v) is 3.36.